The summed E-state index contributed by atoms with van der Waals surface area (Å²) in [5.74, 6) is -0.111. The van der Waals surface area contributed by atoms with Gasteiger partial charge in [-0.3, -0.25) is 9.59 Å². The van der Waals surface area contributed by atoms with Gasteiger partial charge in [0.2, 0.25) is 22.4 Å². The first-order chi connectivity index (χ1) is 9.43. The Hall–Kier alpha value is -2.12. The molecule has 0 atom stereocenters. The zero-order valence-corrected chi connectivity index (χ0v) is 12.1. The van der Waals surface area contributed by atoms with Crippen LogP contribution >= 0.6 is 0 Å². The van der Waals surface area contributed by atoms with Crippen LogP contribution in [0.2, 0.25) is 0 Å². The Bertz CT molecular complexity index is 603. The first-order valence-electron chi connectivity index (χ1n) is 5.16. The topological polar surface area (TPSA) is 118 Å². The summed E-state index contributed by atoms with van der Waals surface area (Å²) in [6.45, 7) is 3.05. The van der Waals surface area contributed by atoms with E-state index in [1.165, 1.54) is 38.5 Å². The number of aryl methyl sites for hydroxylation is 2. The summed E-state index contributed by atoms with van der Waals surface area (Å²) in [5, 5.41) is 17.6. The third kappa shape index (κ3) is 6.74. The number of hydrogen-bond acceptors (Lipinski definition) is 7. The summed E-state index contributed by atoms with van der Waals surface area (Å²) in [4.78, 5) is 21.1. The van der Waals surface area contributed by atoms with Crippen LogP contribution in [0.1, 0.15) is 18.9 Å². The third-order valence-corrected chi connectivity index (χ3v) is 2.06. The molecule has 115 valence electrons. The molecule has 0 saturated carbocycles. The van der Waals surface area contributed by atoms with Gasteiger partial charge in [0, 0.05) is 12.1 Å². The maximum atomic E-state index is 10.5. The molecule has 2 rings (SSSR count). The van der Waals surface area contributed by atoms with Crippen molar-refractivity contribution in [3.63, 3.8) is 0 Å². The van der Waals surface area contributed by atoms with Gasteiger partial charge in [-0.15, -0.1) is 0 Å². The van der Waals surface area contributed by atoms with Crippen molar-refractivity contribution in [3.05, 3.63) is 56.6 Å². The van der Waals surface area contributed by atoms with E-state index in [0.717, 1.165) is 17.4 Å². The first kappa shape index (κ1) is 21.2. The Balaban J connectivity index is 0. The van der Waals surface area contributed by atoms with Crippen molar-refractivity contribution in [3.8, 4) is 11.5 Å². The van der Waals surface area contributed by atoms with Crippen LogP contribution in [0.4, 0.5) is 0 Å². The van der Waals surface area contributed by atoms with Crippen molar-refractivity contribution in [1.82, 2.24) is 0 Å². The minimum absolute atomic E-state index is 0. The molecule has 21 heavy (non-hydrogen) atoms. The van der Waals surface area contributed by atoms with Gasteiger partial charge in [0.15, 0.2) is 0 Å². The summed E-state index contributed by atoms with van der Waals surface area (Å²) >= 11 is 1.06. The standard InChI is InChI=1S/2C6H6O3.CH4.O.V/c2*1-4-6(8)5(7)2-3-9-4;;;/h2*2-3,8H,1H3;1H4;;. The molecule has 2 aromatic rings. The second-order valence-electron chi connectivity index (χ2n) is 3.38. The number of rotatable bonds is 0. The summed E-state index contributed by atoms with van der Waals surface area (Å²) < 4.78 is 17.6. The van der Waals surface area contributed by atoms with Crippen molar-refractivity contribution in [2.24, 2.45) is 0 Å². The van der Waals surface area contributed by atoms with E-state index < -0.39 is 10.9 Å². The van der Waals surface area contributed by atoms with Gasteiger partial charge in [-0.2, -0.15) is 0 Å². The Morgan fingerprint density at radius 3 is 1.33 bits per heavy atom. The summed E-state index contributed by atoms with van der Waals surface area (Å²) in [6.07, 6.45) is 2.49. The maximum absolute atomic E-state index is 10.5. The van der Waals surface area contributed by atoms with Crippen LogP contribution in [0.3, 0.4) is 0 Å². The summed E-state index contributed by atoms with van der Waals surface area (Å²) in [6, 6.07) is 2.34. The van der Waals surface area contributed by atoms with Crippen LogP contribution in [0.25, 0.3) is 0 Å². The van der Waals surface area contributed by atoms with Crippen molar-refractivity contribution in [2.45, 2.75) is 21.3 Å². The molecule has 0 radical (unpaired) electrons. The average Bonchev–Trinajstić information content (AvgIpc) is 2.45. The van der Waals surface area contributed by atoms with Crippen molar-refractivity contribution in [1.29, 1.82) is 0 Å². The van der Waals surface area contributed by atoms with Gasteiger partial charge in [-0.05, 0) is 13.8 Å². The Kier molecular flexibility index (Phi) is 10.7. The average molecular weight is 335 g/mol. The molecule has 2 heterocycles. The van der Waals surface area contributed by atoms with Crippen LogP contribution in [0, 0.1) is 13.8 Å². The zero-order chi connectivity index (χ0) is 15.7. The number of aromatic hydroxyl groups is 2. The van der Waals surface area contributed by atoms with Gasteiger partial charge in [0.25, 0.3) is 0 Å². The molecule has 0 aliphatic heterocycles. The molecule has 8 heteroatoms. The fraction of sp³-hybridized carbons (Fsp3) is 0.231. The van der Waals surface area contributed by atoms with E-state index in [4.69, 9.17) is 13.9 Å². The normalized spacial score (nSPS) is 8.24. The second-order valence-corrected chi connectivity index (χ2v) is 3.38. The first-order valence-corrected chi connectivity index (χ1v) is 5.73. The van der Waals surface area contributed by atoms with Crippen LogP contribution in [0.15, 0.2) is 43.1 Å². The quantitative estimate of drug-likeness (QED) is 0.754. The minimum atomic E-state index is -0.404. The van der Waals surface area contributed by atoms with E-state index in [-0.39, 0.29) is 30.4 Å². The molecule has 0 spiro atoms. The molecule has 0 saturated heterocycles. The Labute approximate surface area is 130 Å². The van der Waals surface area contributed by atoms with Gasteiger partial charge >= 0.3 is 21.0 Å². The molecule has 0 aliphatic rings. The van der Waals surface area contributed by atoms with Crippen molar-refractivity contribution < 1.29 is 40.1 Å². The summed E-state index contributed by atoms with van der Waals surface area (Å²) in [5.41, 5.74) is -0.808. The molecule has 0 unspecified atom stereocenters. The second kappa shape index (κ2) is 10.6. The van der Waals surface area contributed by atoms with Crippen LogP contribution in [-0.4, -0.2) is 10.2 Å². The molecule has 7 nitrogen and oxygen atoms in total. The zero-order valence-electron chi connectivity index (χ0n) is 10.7. The van der Waals surface area contributed by atoms with E-state index in [2.05, 4.69) is 8.83 Å². The molecule has 0 aliphatic carbocycles. The van der Waals surface area contributed by atoms with E-state index in [9.17, 15) is 9.59 Å². The third-order valence-electron chi connectivity index (χ3n) is 2.06. The molecule has 2 N–H and O–H groups in total. The number of hydrogen-bond donors (Lipinski definition) is 2. The molecule has 0 fully saturated rings. The molecule has 0 aromatic carbocycles. The van der Waals surface area contributed by atoms with Gasteiger partial charge in [-0.1, -0.05) is 7.43 Å². The van der Waals surface area contributed by atoms with Crippen LogP contribution in [-0.2, 0) is 21.0 Å². The van der Waals surface area contributed by atoms with Gasteiger partial charge in [-0.25, -0.2) is 0 Å². The van der Waals surface area contributed by atoms with E-state index in [1.807, 2.05) is 0 Å². The van der Waals surface area contributed by atoms with Gasteiger partial charge in [0.05, 0.1) is 12.5 Å². The van der Waals surface area contributed by atoms with Crippen molar-refractivity contribution in [2.75, 3.05) is 0 Å². The van der Waals surface area contributed by atoms with E-state index in [0.29, 0.717) is 0 Å². The molecule has 0 bridgehead atoms. The predicted octanol–water partition coefficient (Wildman–Crippen LogP) is 1.82. The summed E-state index contributed by atoms with van der Waals surface area (Å²) in [7, 11) is 0. The van der Waals surface area contributed by atoms with Crippen LogP contribution in [0.5, 0.6) is 11.5 Å². The van der Waals surface area contributed by atoms with Gasteiger partial charge in [0.1, 0.15) is 11.5 Å². The molecular weight excluding hydrogens is 319 g/mol. The van der Waals surface area contributed by atoms with E-state index >= 15 is 0 Å². The van der Waals surface area contributed by atoms with E-state index in [1.54, 1.807) is 0 Å². The molecule has 0 amide bonds. The predicted molar refractivity (Wildman–Crippen MR) is 70.2 cm³/mol. The fourth-order valence-corrected chi connectivity index (χ4v) is 1.01. The van der Waals surface area contributed by atoms with Crippen molar-refractivity contribution >= 4 is 0 Å². The fourth-order valence-electron chi connectivity index (χ4n) is 1.01. The van der Waals surface area contributed by atoms with Gasteiger partial charge < -0.3 is 19.0 Å². The molecular formula is C13H16O7V. The molecule has 2 aromatic heterocycles. The Morgan fingerprint density at radius 1 is 0.857 bits per heavy atom. The SMILES string of the molecule is C.Cc1occc(=O)c1O.Cc1occc(=O)c1O.[O]=[V]. The Morgan fingerprint density at radius 2 is 1.14 bits per heavy atom. The monoisotopic (exact) mass is 335 g/mol. The van der Waals surface area contributed by atoms with Crippen LogP contribution < -0.4 is 10.9 Å².